The number of hydrogen-bond donors (Lipinski definition) is 1. The molecular weight excluding hydrogens is 674 g/mol. The van der Waals surface area contributed by atoms with Crippen molar-refractivity contribution in [3.05, 3.63) is 88.9 Å². The van der Waals surface area contributed by atoms with E-state index in [0.29, 0.717) is 5.91 Å². The number of amides is 1. The molecule has 252 valence electrons. The predicted octanol–water partition coefficient (Wildman–Crippen LogP) is 6.19. The number of pyridine rings is 1. The molecule has 8 nitrogen and oxygen atoms in total. The molecule has 4 bridgehead atoms. The summed E-state index contributed by atoms with van der Waals surface area (Å²) in [5.41, 5.74) is 3.55. The van der Waals surface area contributed by atoms with Gasteiger partial charge in [0.25, 0.3) is 0 Å². The molecule has 4 saturated carbocycles. The lowest BCUT2D eigenvalue weighted by Crippen LogP contribution is -2.55. The summed E-state index contributed by atoms with van der Waals surface area (Å²) >= 11 is 3.47. The van der Waals surface area contributed by atoms with Crippen molar-refractivity contribution in [2.24, 2.45) is 23.2 Å². The zero-order valence-corrected chi connectivity index (χ0v) is 30.1. The van der Waals surface area contributed by atoms with Crippen LogP contribution in [0.5, 0.6) is 0 Å². The molecular formula is C37H49BrClN7O. The highest BCUT2D eigenvalue weighted by molar-refractivity contribution is 9.10. The van der Waals surface area contributed by atoms with Crippen molar-refractivity contribution in [2.45, 2.75) is 38.5 Å². The lowest BCUT2D eigenvalue weighted by Gasteiger charge is -2.55. The van der Waals surface area contributed by atoms with E-state index in [1.54, 1.807) is 18.6 Å². The van der Waals surface area contributed by atoms with Crippen LogP contribution in [0, 0.1) is 23.2 Å². The van der Waals surface area contributed by atoms with Crippen LogP contribution in [-0.4, -0.2) is 90.6 Å². The lowest BCUT2D eigenvalue weighted by molar-refractivity contribution is -0.146. The summed E-state index contributed by atoms with van der Waals surface area (Å²) in [6.45, 7) is 6.54. The summed E-state index contributed by atoms with van der Waals surface area (Å²) in [6.07, 6.45) is 17.2. The van der Waals surface area contributed by atoms with E-state index < -0.39 is 0 Å². The number of halogens is 2. The highest BCUT2D eigenvalue weighted by atomic mass is 79.9. The van der Waals surface area contributed by atoms with Crippen LogP contribution in [0.15, 0.2) is 77.8 Å². The highest BCUT2D eigenvalue weighted by Crippen LogP contribution is 2.60. The van der Waals surface area contributed by atoms with Gasteiger partial charge in [-0.1, -0.05) is 40.2 Å². The van der Waals surface area contributed by atoms with E-state index in [4.69, 9.17) is 0 Å². The number of hydrogen-bond acceptors (Lipinski definition) is 7. The van der Waals surface area contributed by atoms with Gasteiger partial charge in [-0.3, -0.25) is 14.7 Å². The van der Waals surface area contributed by atoms with Crippen molar-refractivity contribution in [3.63, 3.8) is 0 Å². The Labute approximate surface area is 295 Å². The van der Waals surface area contributed by atoms with Gasteiger partial charge in [0.05, 0.1) is 0 Å². The molecule has 1 saturated heterocycles. The number of aromatic nitrogens is 3. The fourth-order valence-corrected chi connectivity index (χ4v) is 8.62. The second kappa shape index (κ2) is 16.5. The van der Waals surface area contributed by atoms with Gasteiger partial charge in [0.2, 0.25) is 11.9 Å². The molecule has 4 aliphatic carbocycles. The second-order valence-electron chi connectivity index (χ2n) is 14.0. The van der Waals surface area contributed by atoms with Crippen LogP contribution in [0.25, 0.3) is 5.57 Å². The van der Waals surface area contributed by atoms with Gasteiger partial charge in [0, 0.05) is 86.1 Å². The summed E-state index contributed by atoms with van der Waals surface area (Å²) in [5.74, 6) is 3.67. The van der Waals surface area contributed by atoms with Crippen LogP contribution < -0.4 is 10.2 Å². The number of likely N-dealkylation sites (N-methyl/N-ethyl adjacent to an activating group) is 1. The molecule has 0 spiro atoms. The molecule has 0 radical (unpaired) electrons. The summed E-state index contributed by atoms with van der Waals surface area (Å²) in [7, 11) is 4.14. The van der Waals surface area contributed by atoms with Gasteiger partial charge in [0.1, 0.15) is 0 Å². The number of piperazine rings is 1. The van der Waals surface area contributed by atoms with Gasteiger partial charge >= 0.3 is 0 Å². The number of carbonyl (C=O) groups excluding carboxylic acids is 1. The van der Waals surface area contributed by atoms with Crippen LogP contribution in [0.4, 0.5) is 5.95 Å². The third-order valence-electron chi connectivity index (χ3n) is 10.2. The fraction of sp³-hybridized carbons (Fsp3) is 0.514. The average molecular weight is 723 g/mol. The number of carbonyl (C=O) groups is 1. The lowest BCUT2D eigenvalue weighted by atomic mass is 9.49. The van der Waals surface area contributed by atoms with E-state index in [0.717, 1.165) is 98.8 Å². The maximum atomic E-state index is 13.0. The molecule has 3 aromatic rings. The molecule has 1 amide bonds. The quantitative estimate of drug-likeness (QED) is 0.283. The van der Waals surface area contributed by atoms with Crippen LogP contribution in [0.1, 0.15) is 49.7 Å². The third-order valence-corrected chi connectivity index (χ3v) is 10.8. The van der Waals surface area contributed by atoms with Gasteiger partial charge in [-0.05, 0) is 106 Å². The van der Waals surface area contributed by atoms with Crippen molar-refractivity contribution < 1.29 is 4.79 Å². The third kappa shape index (κ3) is 9.19. The Morgan fingerprint density at radius 3 is 2.13 bits per heavy atom. The molecule has 0 atom stereocenters. The number of anilines is 1. The predicted molar refractivity (Wildman–Crippen MR) is 196 cm³/mol. The topological polar surface area (TPSA) is 77.5 Å². The minimum Gasteiger partial charge on any atom is -0.354 e. The molecule has 47 heavy (non-hydrogen) atoms. The summed E-state index contributed by atoms with van der Waals surface area (Å²) in [5, 5.41) is 3.31. The highest BCUT2D eigenvalue weighted by Gasteiger charge is 2.54. The standard InChI is InChI=1S/C21H31N5O.C16H17BrN2.ClH/c27-19(21-13-16-10-17(14-21)12-18(11-16)15-21)22-4-5-25-6-8-26(9-7-25)20-23-2-1-3-24-20;1-19(2)11-9-16(14-4-3-10-18-12-14)13-5-7-15(17)8-6-13;/h1-3,16-18H,4-15H2,(H,22,27);3-10,12H,11H2,1-2H3;1H/b;16-9-;. The Kier molecular flexibility index (Phi) is 12.5. The van der Waals surface area contributed by atoms with Crippen LogP contribution in [0.3, 0.4) is 0 Å². The van der Waals surface area contributed by atoms with Crippen LogP contribution in [-0.2, 0) is 4.79 Å². The van der Waals surface area contributed by atoms with Crippen LogP contribution in [0.2, 0.25) is 0 Å². The Hall–Kier alpha value is -2.85. The average Bonchev–Trinajstić information content (AvgIpc) is 3.06. The molecule has 2 aromatic heterocycles. The summed E-state index contributed by atoms with van der Waals surface area (Å²) in [4.78, 5) is 32.7. The molecule has 0 unspecified atom stereocenters. The Balaban J connectivity index is 0.000000192. The number of rotatable bonds is 9. The van der Waals surface area contributed by atoms with Gasteiger partial charge in [-0.2, -0.15) is 0 Å². The first-order chi connectivity index (χ1) is 22.4. The number of nitrogens with zero attached hydrogens (tertiary/aromatic N) is 6. The largest absolute Gasteiger partial charge is 0.354 e. The molecule has 1 N–H and O–H groups in total. The maximum Gasteiger partial charge on any atom is 0.226 e. The van der Waals surface area contributed by atoms with E-state index in [9.17, 15) is 4.79 Å². The normalized spacial score (nSPS) is 25.1. The molecule has 5 fully saturated rings. The van der Waals surface area contributed by atoms with E-state index in [2.05, 4.69) is 101 Å². The second-order valence-corrected chi connectivity index (χ2v) is 14.9. The Bertz CT molecular complexity index is 1410. The molecule has 1 aromatic carbocycles. The molecule has 3 heterocycles. The first-order valence-electron chi connectivity index (χ1n) is 16.9. The van der Waals surface area contributed by atoms with Crippen molar-refractivity contribution in [2.75, 3.05) is 64.8 Å². The van der Waals surface area contributed by atoms with Gasteiger partial charge in [-0.15, -0.1) is 12.4 Å². The minimum absolute atomic E-state index is 0. The van der Waals surface area contributed by atoms with Gasteiger partial charge in [-0.25, -0.2) is 9.97 Å². The minimum atomic E-state index is -0.0158. The Morgan fingerprint density at radius 2 is 1.55 bits per heavy atom. The fourth-order valence-electron chi connectivity index (χ4n) is 8.36. The summed E-state index contributed by atoms with van der Waals surface area (Å²) < 4.78 is 1.09. The van der Waals surface area contributed by atoms with Crippen LogP contribution >= 0.6 is 28.3 Å². The SMILES string of the molecule is CN(C)C/C=C(/c1ccc(Br)cc1)c1cccnc1.Cl.O=C(NCCN1CCN(c2ncccn2)CC1)C12CC3CC(CC(C3)C1)C2. The van der Waals surface area contributed by atoms with Crippen molar-refractivity contribution in [1.29, 1.82) is 0 Å². The van der Waals surface area contributed by atoms with E-state index >= 15 is 0 Å². The van der Waals surface area contributed by atoms with Crippen molar-refractivity contribution in [1.82, 2.24) is 30.1 Å². The maximum absolute atomic E-state index is 13.0. The molecule has 10 heteroatoms. The Morgan fingerprint density at radius 1 is 0.915 bits per heavy atom. The van der Waals surface area contributed by atoms with Gasteiger partial charge < -0.3 is 15.1 Å². The number of nitrogens with one attached hydrogen (secondary N) is 1. The van der Waals surface area contributed by atoms with Crippen molar-refractivity contribution >= 4 is 45.8 Å². The number of benzene rings is 1. The monoisotopic (exact) mass is 721 g/mol. The zero-order valence-electron chi connectivity index (χ0n) is 27.7. The first-order valence-corrected chi connectivity index (χ1v) is 17.7. The zero-order chi connectivity index (χ0) is 31.9. The van der Waals surface area contributed by atoms with E-state index in [-0.39, 0.29) is 17.8 Å². The molecule has 5 aliphatic rings. The van der Waals surface area contributed by atoms with E-state index in [1.165, 1.54) is 30.4 Å². The molecule has 8 rings (SSSR count). The van der Waals surface area contributed by atoms with Gasteiger partial charge in [0.15, 0.2) is 0 Å². The van der Waals surface area contributed by atoms with E-state index in [1.807, 2.05) is 18.3 Å². The smallest absolute Gasteiger partial charge is 0.226 e. The molecule has 1 aliphatic heterocycles. The summed E-state index contributed by atoms with van der Waals surface area (Å²) in [6, 6.07) is 14.3. The first kappa shape index (κ1) is 35.5. The van der Waals surface area contributed by atoms with Crippen molar-refractivity contribution in [3.8, 4) is 0 Å².